The van der Waals surface area contributed by atoms with Gasteiger partial charge < -0.3 is 10.4 Å². The quantitative estimate of drug-likeness (QED) is 0.883. The molecule has 1 fully saturated rings. The van der Waals surface area contributed by atoms with Crippen LogP contribution in [-0.2, 0) is 4.79 Å². The van der Waals surface area contributed by atoms with Gasteiger partial charge >= 0.3 is 5.97 Å². The van der Waals surface area contributed by atoms with Gasteiger partial charge in [0.25, 0.3) is 0 Å². The number of nitrogens with zero attached hydrogens (tertiary/aromatic N) is 1. The molecule has 1 aromatic carbocycles. The Morgan fingerprint density at radius 3 is 2.84 bits per heavy atom. The fourth-order valence-corrected chi connectivity index (χ4v) is 2.27. The maximum atomic E-state index is 11.1. The van der Waals surface area contributed by atoms with Crippen LogP contribution in [0.1, 0.15) is 18.4 Å². The SMILES string of the molecule is Cc1cc2ccccc2nc1NCC1(C(=O)O)CC1. The normalized spacial score (nSPS) is 16.3. The minimum Gasteiger partial charge on any atom is -0.481 e. The van der Waals surface area contributed by atoms with Crippen LogP contribution in [0.2, 0.25) is 0 Å². The lowest BCUT2D eigenvalue weighted by Gasteiger charge is -2.14. The monoisotopic (exact) mass is 256 g/mol. The lowest BCUT2D eigenvalue weighted by atomic mass is 10.1. The average molecular weight is 256 g/mol. The number of rotatable bonds is 4. The lowest BCUT2D eigenvalue weighted by Crippen LogP contribution is -2.24. The number of aromatic nitrogens is 1. The van der Waals surface area contributed by atoms with Crippen LogP contribution in [0.4, 0.5) is 5.82 Å². The van der Waals surface area contributed by atoms with Crippen LogP contribution in [0, 0.1) is 12.3 Å². The number of carboxylic acids is 1. The molecular formula is C15H16N2O2. The predicted octanol–water partition coefficient (Wildman–Crippen LogP) is 2.82. The molecule has 0 aliphatic heterocycles. The summed E-state index contributed by atoms with van der Waals surface area (Å²) in [6, 6.07) is 10.0. The highest BCUT2D eigenvalue weighted by Gasteiger charge is 2.50. The molecule has 1 heterocycles. The van der Waals surface area contributed by atoms with Gasteiger partial charge in [0, 0.05) is 11.9 Å². The summed E-state index contributed by atoms with van der Waals surface area (Å²) in [7, 11) is 0. The van der Waals surface area contributed by atoms with E-state index in [-0.39, 0.29) is 0 Å². The Bertz CT molecular complexity index is 648. The van der Waals surface area contributed by atoms with Crippen molar-refractivity contribution in [1.29, 1.82) is 0 Å². The number of aliphatic carboxylic acids is 1. The second kappa shape index (κ2) is 4.23. The van der Waals surface area contributed by atoms with Crippen molar-refractivity contribution >= 4 is 22.7 Å². The van der Waals surface area contributed by atoms with Crippen molar-refractivity contribution in [3.63, 3.8) is 0 Å². The highest BCUT2D eigenvalue weighted by atomic mass is 16.4. The summed E-state index contributed by atoms with van der Waals surface area (Å²) in [5.74, 6) is 0.0738. The summed E-state index contributed by atoms with van der Waals surface area (Å²) in [5, 5.41) is 13.5. The first kappa shape index (κ1) is 12.0. The summed E-state index contributed by atoms with van der Waals surface area (Å²) in [5.41, 5.74) is 1.40. The highest BCUT2D eigenvalue weighted by molar-refractivity contribution is 5.82. The van der Waals surface area contributed by atoms with Crippen molar-refractivity contribution in [3.8, 4) is 0 Å². The van der Waals surface area contributed by atoms with Crippen molar-refractivity contribution in [3.05, 3.63) is 35.9 Å². The van der Waals surface area contributed by atoms with Crippen LogP contribution in [-0.4, -0.2) is 22.6 Å². The number of carbonyl (C=O) groups is 1. The van der Waals surface area contributed by atoms with E-state index in [0.717, 1.165) is 35.1 Å². The van der Waals surface area contributed by atoms with Crippen molar-refractivity contribution < 1.29 is 9.90 Å². The van der Waals surface area contributed by atoms with Gasteiger partial charge in [0.1, 0.15) is 5.82 Å². The molecule has 0 unspecified atom stereocenters. The second-order valence-corrected chi connectivity index (χ2v) is 5.29. The van der Waals surface area contributed by atoms with Crippen molar-refractivity contribution in [2.45, 2.75) is 19.8 Å². The lowest BCUT2D eigenvalue weighted by molar-refractivity contribution is -0.142. The molecule has 4 nitrogen and oxygen atoms in total. The minimum absolute atomic E-state index is 0.453. The van der Waals surface area contributed by atoms with E-state index < -0.39 is 11.4 Å². The second-order valence-electron chi connectivity index (χ2n) is 5.29. The van der Waals surface area contributed by atoms with Crippen LogP contribution < -0.4 is 5.32 Å². The van der Waals surface area contributed by atoms with E-state index in [1.165, 1.54) is 0 Å². The Labute approximate surface area is 111 Å². The zero-order chi connectivity index (χ0) is 13.5. The summed E-state index contributed by atoms with van der Waals surface area (Å²) < 4.78 is 0. The van der Waals surface area contributed by atoms with Crippen molar-refractivity contribution in [2.24, 2.45) is 5.41 Å². The number of carboxylic acid groups (broad SMARTS) is 1. The molecule has 19 heavy (non-hydrogen) atoms. The van der Waals surface area contributed by atoms with Gasteiger partial charge in [-0.2, -0.15) is 0 Å². The maximum Gasteiger partial charge on any atom is 0.311 e. The highest BCUT2D eigenvalue weighted by Crippen LogP contribution is 2.45. The van der Waals surface area contributed by atoms with Gasteiger partial charge in [0.15, 0.2) is 0 Å². The number of anilines is 1. The maximum absolute atomic E-state index is 11.1. The molecule has 0 bridgehead atoms. The van der Waals surface area contributed by atoms with Crippen LogP contribution in [0.25, 0.3) is 10.9 Å². The Balaban J connectivity index is 1.85. The number of aryl methyl sites for hydroxylation is 1. The topological polar surface area (TPSA) is 62.2 Å². The Morgan fingerprint density at radius 1 is 1.42 bits per heavy atom. The number of benzene rings is 1. The van der Waals surface area contributed by atoms with Crippen LogP contribution in [0.15, 0.2) is 30.3 Å². The molecule has 2 aromatic rings. The van der Waals surface area contributed by atoms with E-state index in [4.69, 9.17) is 5.11 Å². The molecule has 1 aliphatic carbocycles. The summed E-state index contributed by atoms with van der Waals surface area (Å²) in [6.07, 6.45) is 1.50. The molecule has 0 saturated heterocycles. The van der Waals surface area contributed by atoms with Gasteiger partial charge in [-0.25, -0.2) is 4.98 Å². The third-order valence-corrected chi connectivity index (χ3v) is 3.82. The van der Waals surface area contributed by atoms with Gasteiger partial charge in [-0.1, -0.05) is 18.2 Å². The number of pyridine rings is 1. The summed E-state index contributed by atoms with van der Waals surface area (Å²) in [6.45, 7) is 2.44. The molecule has 0 atom stereocenters. The molecule has 0 spiro atoms. The molecule has 1 aliphatic rings. The van der Waals surface area contributed by atoms with Crippen LogP contribution in [0.5, 0.6) is 0 Å². The van der Waals surface area contributed by atoms with E-state index in [1.54, 1.807) is 0 Å². The zero-order valence-corrected chi connectivity index (χ0v) is 10.8. The zero-order valence-electron chi connectivity index (χ0n) is 10.8. The van der Waals surface area contributed by atoms with E-state index in [2.05, 4.69) is 16.4 Å². The number of para-hydroxylation sites is 1. The molecular weight excluding hydrogens is 240 g/mol. The number of hydrogen-bond donors (Lipinski definition) is 2. The van der Waals surface area contributed by atoms with E-state index in [9.17, 15) is 4.79 Å². The number of fused-ring (bicyclic) bond motifs is 1. The summed E-state index contributed by atoms with van der Waals surface area (Å²) >= 11 is 0. The van der Waals surface area contributed by atoms with Crippen molar-refractivity contribution in [2.75, 3.05) is 11.9 Å². The molecule has 1 aromatic heterocycles. The first-order valence-electron chi connectivity index (χ1n) is 6.44. The van der Waals surface area contributed by atoms with E-state index in [0.29, 0.717) is 6.54 Å². The Morgan fingerprint density at radius 2 is 2.16 bits per heavy atom. The summed E-state index contributed by atoms with van der Waals surface area (Å²) in [4.78, 5) is 15.7. The largest absolute Gasteiger partial charge is 0.481 e. The van der Waals surface area contributed by atoms with Gasteiger partial charge in [-0.3, -0.25) is 4.79 Å². The smallest absolute Gasteiger partial charge is 0.311 e. The fraction of sp³-hybridized carbons (Fsp3) is 0.333. The van der Waals surface area contributed by atoms with Crippen LogP contribution >= 0.6 is 0 Å². The molecule has 2 N–H and O–H groups in total. The standard InChI is InChI=1S/C15H16N2O2/c1-10-8-11-4-2-3-5-12(11)17-13(10)16-9-15(6-7-15)14(18)19/h2-5,8H,6-7,9H2,1H3,(H,16,17)(H,18,19). The Kier molecular flexibility index (Phi) is 2.66. The molecule has 4 heteroatoms. The van der Waals surface area contributed by atoms with Crippen molar-refractivity contribution in [1.82, 2.24) is 4.98 Å². The van der Waals surface area contributed by atoms with E-state index >= 15 is 0 Å². The fourth-order valence-electron chi connectivity index (χ4n) is 2.27. The van der Waals surface area contributed by atoms with Gasteiger partial charge in [0.05, 0.1) is 10.9 Å². The Hall–Kier alpha value is -2.10. The number of nitrogens with one attached hydrogen (secondary N) is 1. The average Bonchev–Trinajstić information content (AvgIpc) is 3.17. The van der Waals surface area contributed by atoms with E-state index in [1.807, 2.05) is 31.2 Å². The van der Waals surface area contributed by atoms with Gasteiger partial charge in [0.2, 0.25) is 0 Å². The molecule has 0 radical (unpaired) electrons. The third-order valence-electron chi connectivity index (χ3n) is 3.82. The minimum atomic E-state index is -0.710. The molecule has 98 valence electrons. The molecule has 0 amide bonds. The first-order chi connectivity index (χ1) is 9.11. The first-order valence-corrected chi connectivity index (χ1v) is 6.44. The molecule has 3 rings (SSSR count). The predicted molar refractivity (Wildman–Crippen MR) is 74.3 cm³/mol. The number of hydrogen-bond acceptors (Lipinski definition) is 3. The van der Waals surface area contributed by atoms with Crippen LogP contribution in [0.3, 0.4) is 0 Å². The molecule has 1 saturated carbocycles. The van der Waals surface area contributed by atoms with Gasteiger partial charge in [-0.05, 0) is 37.5 Å². The van der Waals surface area contributed by atoms with Gasteiger partial charge in [-0.15, -0.1) is 0 Å². The third kappa shape index (κ3) is 2.14.